The van der Waals surface area contributed by atoms with Gasteiger partial charge in [-0.2, -0.15) is 0 Å². The number of nitrogens with zero attached hydrogens (tertiary/aromatic N) is 2. The summed E-state index contributed by atoms with van der Waals surface area (Å²) >= 11 is 0. The highest BCUT2D eigenvalue weighted by molar-refractivity contribution is 6.60. The third-order valence-corrected chi connectivity index (χ3v) is 2.70. The first-order valence-corrected chi connectivity index (χ1v) is 6.67. The Hall–Kier alpha value is -1.34. The van der Waals surface area contributed by atoms with Crippen LogP contribution in [0.15, 0.2) is 12.5 Å². The van der Waals surface area contributed by atoms with Crippen molar-refractivity contribution in [2.45, 2.75) is 40.2 Å². The fourth-order valence-electron chi connectivity index (χ4n) is 1.74. The van der Waals surface area contributed by atoms with Crippen molar-refractivity contribution in [1.82, 2.24) is 9.55 Å². The van der Waals surface area contributed by atoms with Crippen LogP contribution in [0, 0.1) is 5.41 Å². The standard InChI is InChI=1S/C13H21BN2O4/c1-12(2,3)20-11(17)16-6-10(15-9-16)14-18-7-13(4,5)8-19-14/h6,9H,7-8H2,1-5H3. The van der Waals surface area contributed by atoms with E-state index in [0.29, 0.717) is 18.8 Å². The first kappa shape index (κ1) is 15.1. The summed E-state index contributed by atoms with van der Waals surface area (Å²) in [5, 5.41) is 0. The second-order valence-corrected chi connectivity index (χ2v) is 6.80. The monoisotopic (exact) mass is 280 g/mol. The molecule has 1 fully saturated rings. The largest absolute Gasteiger partial charge is 0.515 e. The van der Waals surface area contributed by atoms with Crippen molar-refractivity contribution in [2.75, 3.05) is 13.2 Å². The molecule has 0 unspecified atom stereocenters. The number of hydrogen-bond donors (Lipinski definition) is 0. The van der Waals surface area contributed by atoms with Gasteiger partial charge in [0.15, 0.2) is 0 Å². The topological polar surface area (TPSA) is 62.6 Å². The summed E-state index contributed by atoms with van der Waals surface area (Å²) in [4.78, 5) is 16.0. The fourth-order valence-corrected chi connectivity index (χ4v) is 1.74. The van der Waals surface area contributed by atoms with Crippen LogP contribution in [0.5, 0.6) is 0 Å². The van der Waals surface area contributed by atoms with Crippen LogP contribution in [0.25, 0.3) is 0 Å². The van der Waals surface area contributed by atoms with Crippen molar-refractivity contribution in [3.8, 4) is 0 Å². The molecular formula is C13H21BN2O4. The van der Waals surface area contributed by atoms with E-state index in [1.807, 2.05) is 20.8 Å². The summed E-state index contributed by atoms with van der Waals surface area (Å²) in [6.07, 6.45) is 2.53. The zero-order chi connectivity index (χ0) is 15.0. The van der Waals surface area contributed by atoms with Crippen molar-refractivity contribution < 1.29 is 18.8 Å². The molecule has 20 heavy (non-hydrogen) atoms. The number of hydrogen-bond acceptors (Lipinski definition) is 5. The molecule has 2 heterocycles. The van der Waals surface area contributed by atoms with Gasteiger partial charge < -0.3 is 14.0 Å². The fraction of sp³-hybridized carbons (Fsp3) is 0.692. The van der Waals surface area contributed by atoms with Gasteiger partial charge in [0.2, 0.25) is 0 Å². The van der Waals surface area contributed by atoms with E-state index in [1.165, 1.54) is 10.9 Å². The van der Waals surface area contributed by atoms with Crippen molar-refractivity contribution in [1.29, 1.82) is 0 Å². The second-order valence-electron chi connectivity index (χ2n) is 6.80. The van der Waals surface area contributed by atoms with Gasteiger partial charge in [0, 0.05) is 24.8 Å². The van der Waals surface area contributed by atoms with E-state index in [1.54, 1.807) is 6.20 Å². The van der Waals surface area contributed by atoms with Gasteiger partial charge in [-0.25, -0.2) is 14.3 Å². The third-order valence-electron chi connectivity index (χ3n) is 2.70. The van der Waals surface area contributed by atoms with Crippen LogP contribution >= 0.6 is 0 Å². The molecule has 1 aliphatic rings. The summed E-state index contributed by atoms with van der Waals surface area (Å²) in [6.45, 7) is 10.8. The molecule has 1 saturated heterocycles. The average Bonchev–Trinajstić information content (AvgIpc) is 2.76. The van der Waals surface area contributed by atoms with E-state index >= 15 is 0 Å². The molecule has 1 aromatic rings. The number of aromatic nitrogens is 2. The molecule has 7 heteroatoms. The maximum Gasteiger partial charge on any atom is 0.515 e. The molecule has 2 rings (SSSR count). The van der Waals surface area contributed by atoms with E-state index in [-0.39, 0.29) is 5.41 Å². The summed E-state index contributed by atoms with van der Waals surface area (Å²) in [7, 11) is -0.522. The Bertz CT molecular complexity index is 483. The molecule has 0 saturated carbocycles. The molecule has 0 bridgehead atoms. The lowest BCUT2D eigenvalue weighted by molar-refractivity contribution is 0.0340. The van der Waals surface area contributed by atoms with Crippen LogP contribution in [0.3, 0.4) is 0 Å². The molecular weight excluding hydrogens is 259 g/mol. The molecule has 110 valence electrons. The molecule has 0 radical (unpaired) electrons. The number of carbonyl (C=O) groups excluding carboxylic acids is 1. The summed E-state index contributed by atoms with van der Waals surface area (Å²) < 4.78 is 17.8. The van der Waals surface area contributed by atoms with Crippen LogP contribution in [0.1, 0.15) is 34.6 Å². The van der Waals surface area contributed by atoms with Crippen molar-refractivity contribution in [2.24, 2.45) is 5.41 Å². The second kappa shape index (κ2) is 5.22. The van der Waals surface area contributed by atoms with Crippen LogP contribution in [0.4, 0.5) is 4.79 Å². The van der Waals surface area contributed by atoms with Gasteiger partial charge in [0.1, 0.15) is 11.9 Å². The minimum atomic E-state index is -0.538. The lowest BCUT2D eigenvalue weighted by Gasteiger charge is -2.32. The van der Waals surface area contributed by atoms with Gasteiger partial charge in [-0.15, -0.1) is 0 Å². The van der Waals surface area contributed by atoms with Gasteiger partial charge >= 0.3 is 13.2 Å². The maximum absolute atomic E-state index is 11.9. The molecule has 1 aromatic heterocycles. The van der Waals surface area contributed by atoms with Gasteiger partial charge in [0.05, 0.1) is 5.59 Å². The molecule has 0 aliphatic carbocycles. The number of imidazole rings is 1. The van der Waals surface area contributed by atoms with Crippen molar-refractivity contribution in [3.05, 3.63) is 12.5 Å². The average molecular weight is 280 g/mol. The predicted molar refractivity (Wildman–Crippen MR) is 74.9 cm³/mol. The normalized spacial score (nSPS) is 18.9. The number of carbonyl (C=O) groups is 1. The predicted octanol–water partition coefficient (Wildman–Crippen LogP) is 1.43. The van der Waals surface area contributed by atoms with Gasteiger partial charge in [-0.05, 0) is 20.8 Å². The maximum atomic E-state index is 11.9. The molecule has 0 spiro atoms. The summed E-state index contributed by atoms with van der Waals surface area (Å²) in [6, 6.07) is 0. The van der Waals surface area contributed by atoms with Crippen LogP contribution in [-0.2, 0) is 14.0 Å². The summed E-state index contributed by atoms with van der Waals surface area (Å²) in [5.41, 5.74) is 0.0412. The van der Waals surface area contributed by atoms with Crippen LogP contribution in [-0.4, -0.2) is 41.6 Å². The number of rotatable bonds is 1. The van der Waals surface area contributed by atoms with Gasteiger partial charge in [-0.1, -0.05) is 13.8 Å². The van der Waals surface area contributed by atoms with Crippen molar-refractivity contribution in [3.63, 3.8) is 0 Å². The quantitative estimate of drug-likeness (QED) is 0.728. The van der Waals surface area contributed by atoms with E-state index < -0.39 is 18.8 Å². The van der Waals surface area contributed by atoms with Gasteiger partial charge in [-0.3, -0.25) is 0 Å². The summed E-state index contributed by atoms with van der Waals surface area (Å²) in [5.74, 6) is 0. The SMILES string of the molecule is CC1(C)COB(c2cn(C(=O)OC(C)(C)C)cn2)OC1. The first-order valence-electron chi connectivity index (χ1n) is 6.67. The molecule has 0 aromatic carbocycles. The zero-order valence-corrected chi connectivity index (χ0v) is 12.7. The van der Waals surface area contributed by atoms with Crippen LogP contribution in [0.2, 0.25) is 0 Å². The van der Waals surface area contributed by atoms with Crippen molar-refractivity contribution >= 4 is 18.8 Å². The highest BCUT2D eigenvalue weighted by Gasteiger charge is 2.35. The molecule has 0 atom stereocenters. The number of ether oxygens (including phenoxy) is 1. The Balaban J connectivity index is 2.01. The highest BCUT2D eigenvalue weighted by atomic mass is 16.6. The zero-order valence-electron chi connectivity index (χ0n) is 12.7. The minimum Gasteiger partial charge on any atom is -0.443 e. The molecule has 1 aliphatic heterocycles. The molecule has 6 nitrogen and oxygen atoms in total. The molecule has 0 amide bonds. The minimum absolute atomic E-state index is 0.00420. The van der Waals surface area contributed by atoms with E-state index in [0.717, 1.165) is 0 Å². The lowest BCUT2D eigenvalue weighted by Crippen LogP contribution is -2.48. The van der Waals surface area contributed by atoms with E-state index in [9.17, 15) is 4.79 Å². The lowest BCUT2D eigenvalue weighted by atomic mass is 9.81. The smallest absolute Gasteiger partial charge is 0.443 e. The molecule has 0 N–H and O–H groups in total. The Labute approximate surface area is 119 Å². The Kier molecular flexibility index (Phi) is 3.93. The van der Waals surface area contributed by atoms with E-state index in [2.05, 4.69) is 18.8 Å². The Morgan fingerprint density at radius 2 is 2.00 bits per heavy atom. The van der Waals surface area contributed by atoms with Crippen LogP contribution < -0.4 is 5.59 Å². The first-order chi connectivity index (χ1) is 9.16. The van der Waals surface area contributed by atoms with Gasteiger partial charge in [0.25, 0.3) is 0 Å². The highest BCUT2D eigenvalue weighted by Crippen LogP contribution is 2.21. The Morgan fingerprint density at radius 1 is 1.40 bits per heavy atom. The van der Waals surface area contributed by atoms with E-state index in [4.69, 9.17) is 14.0 Å². The Morgan fingerprint density at radius 3 is 2.55 bits per heavy atom. The third kappa shape index (κ3) is 3.83.